The van der Waals surface area contributed by atoms with Crippen LogP contribution in [0.1, 0.15) is 11.1 Å². The molecule has 0 saturated carbocycles. The van der Waals surface area contributed by atoms with Crippen LogP contribution in [0, 0.1) is 5.82 Å². The second-order valence-electron chi connectivity index (χ2n) is 7.45. The third kappa shape index (κ3) is 6.56. The van der Waals surface area contributed by atoms with Crippen LogP contribution < -0.4 is 30.3 Å². The standard InChI is InChI=1S/C25H21FN4O6/c26-18-6-8-19(9-7-18)29-23(31)14-34-20-4-2-1-3-17(20)13-28-30-25(33)24(32)27-12-16-5-10-21-22(11-16)36-15-35-21/h1-11,13H,12,14-15H2,(H,27,32)(H,29,31)(H,30,33)/b28-13-. The van der Waals surface area contributed by atoms with Crippen molar-refractivity contribution in [1.82, 2.24) is 10.7 Å². The summed E-state index contributed by atoms with van der Waals surface area (Å²) in [4.78, 5) is 36.2. The highest BCUT2D eigenvalue weighted by atomic mass is 19.1. The Hall–Kier alpha value is -4.93. The number of hydrogen-bond donors (Lipinski definition) is 3. The number of fused-ring (bicyclic) bond motifs is 1. The van der Waals surface area contributed by atoms with Crippen LogP contribution in [-0.2, 0) is 20.9 Å². The lowest BCUT2D eigenvalue weighted by molar-refractivity contribution is -0.139. The molecule has 1 heterocycles. The summed E-state index contributed by atoms with van der Waals surface area (Å²) >= 11 is 0. The molecule has 0 aliphatic carbocycles. The molecular weight excluding hydrogens is 471 g/mol. The summed E-state index contributed by atoms with van der Waals surface area (Å²) in [6, 6.07) is 17.2. The third-order valence-electron chi connectivity index (χ3n) is 4.87. The van der Waals surface area contributed by atoms with Crippen LogP contribution in [0.4, 0.5) is 10.1 Å². The second-order valence-corrected chi connectivity index (χ2v) is 7.45. The molecule has 3 aromatic rings. The minimum Gasteiger partial charge on any atom is -0.483 e. The van der Waals surface area contributed by atoms with Crippen molar-refractivity contribution < 1.29 is 33.0 Å². The van der Waals surface area contributed by atoms with E-state index in [1.807, 2.05) is 0 Å². The zero-order valence-electron chi connectivity index (χ0n) is 18.8. The summed E-state index contributed by atoms with van der Waals surface area (Å²) < 4.78 is 29.0. The lowest BCUT2D eigenvalue weighted by Crippen LogP contribution is -2.37. The Morgan fingerprint density at radius 2 is 1.75 bits per heavy atom. The lowest BCUT2D eigenvalue weighted by atomic mass is 10.2. The molecule has 0 atom stereocenters. The quantitative estimate of drug-likeness (QED) is 0.252. The van der Waals surface area contributed by atoms with Gasteiger partial charge in [0.25, 0.3) is 5.91 Å². The molecule has 36 heavy (non-hydrogen) atoms. The van der Waals surface area contributed by atoms with Crippen molar-refractivity contribution in [3.8, 4) is 17.2 Å². The van der Waals surface area contributed by atoms with Gasteiger partial charge in [0.05, 0.1) is 6.21 Å². The van der Waals surface area contributed by atoms with Gasteiger partial charge in [-0.25, -0.2) is 9.82 Å². The molecule has 4 rings (SSSR count). The van der Waals surface area contributed by atoms with E-state index in [9.17, 15) is 18.8 Å². The number of nitrogens with zero attached hydrogens (tertiary/aromatic N) is 1. The Morgan fingerprint density at radius 1 is 0.972 bits per heavy atom. The van der Waals surface area contributed by atoms with Crippen molar-refractivity contribution in [2.24, 2.45) is 5.10 Å². The van der Waals surface area contributed by atoms with Gasteiger partial charge in [0.2, 0.25) is 6.79 Å². The van der Waals surface area contributed by atoms with Gasteiger partial charge < -0.3 is 24.8 Å². The van der Waals surface area contributed by atoms with Crippen molar-refractivity contribution in [1.29, 1.82) is 0 Å². The number of para-hydroxylation sites is 1. The molecule has 3 N–H and O–H groups in total. The molecule has 11 heteroatoms. The molecule has 0 spiro atoms. The Balaban J connectivity index is 1.25. The summed E-state index contributed by atoms with van der Waals surface area (Å²) in [5.74, 6) is -1.15. The van der Waals surface area contributed by atoms with E-state index in [0.29, 0.717) is 28.5 Å². The average molecular weight is 492 g/mol. The van der Waals surface area contributed by atoms with E-state index < -0.39 is 23.5 Å². The summed E-state index contributed by atoms with van der Waals surface area (Å²) in [6.45, 7) is -0.0525. The fourth-order valence-corrected chi connectivity index (χ4v) is 3.12. The van der Waals surface area contributed by atoms with Crippen molar-refractivity contribution in [3.05, 3.63) is 83.7 Å². The second kappa shape index (κ2) is 11.5. The number of halogens is 1. The van der Waals surface area contributed by atoms with Gasteiger partial charge in [0.15, 0.2) is 18.1 Å². The van der Waals surface area contributed by atoms with Gasteiger partial charge in [-0.05, 0) is 54.1 Å². The molecule has 184 valence electrons. The number of carbonyl (C=O) groups excluding carboxylic acids is 3. The maximum Gasteiger partial charge on any atom is 0.329 e. The first kappa shape index (κ1) is 24.2. The van der Waals surface area contributed by atoms with E-state index in [1.165, 1.54) is 30.5 Å². The fraction of sp³-hybridized carbons (Fsp3) is 0.120. The van der Waals surface area contributed by atoms with Crippen LogP contribution in [-0.4, -0.2) is 37.3 Å². The van der Waals surface area contributed by atoms with Gasteiger partial charge in [0.1, 0.15) is 11.6 Å². The normalized spacial score (nSPS) is 11.7. The van der Waals surface area contributed by atoms with Crippen LogP contribution in [0.25, 0.3) is 0 Å². The van der Waals surface area contributed by atoms with Crippen molar-refractivity contribution in [3.63, 3.8) is 0 Å². The predicted octanol–water partition coefficient (Wildman–Crippen LogP) is 2.34. The maximum atomic E-state index is 13.0. The molecule has 3 aromatic carbocycles. The molecule has 10 nitrogen and oxygen atoms in total. The number of hydrazone groups is 1. The van der Waals surface area contributed by atoms with E-state index in [2.05, 4.69) is 21.2 Å². The number of benzene rings is 3. The molecule has 0 bridgehead atoms. The minimum absolute atomic E-state index is 0.114. The summed E-state index contributed by atoms with van der Waals surface area (Å²) in [5, 5.41) is 8.87. The number of anilines is 1. The van der Waals surface area contributed by atoms with E-state index in [4.69, 9.17) is 14.2 Å². The first-order valence-corrected chi connectivity index (χ1v) is 10.7. The van der Waals surface area contributed by atoms with E-state index in [0.717, 1.165) is 5.56 Å². The van der Waals surface area contributed by atoms with E-state index >= 15 is 0 Å². The Labute approximate surface area is 205 Å². The van der Waals surface area contributed by atoms with Gasteiger partial charge >= 0.3 is 11.8 Å². The zero-order chi connectivity index (χ0) is 25.3. The van der Waals surface area contributed by atoms with Gasteiger partial charge in [-0.15, -0.1) is 0 Å². The fourth-order valence-electron chi connectivity index (χ4n) is 3.12. The average Bonchev–Trinajstić information content (AvgIpc) is 3.36. The summed E-state index contributed by atoms with van der Waals surface area (Å²) in [6.07, 6.45) is 1.29. The number of ether oxygens (including phenoxy) is 3. The Morgan fingerprint density at radius 3 is 2.58 bits per heavy atom. The molecule has 1 aliphatic rings. The van der Waals surface area contributed by atoms with Gasteiger partial charge in [-0.3, -0.25) is 14.4 Å². The van der Waals surface area contributed by atoms with Crippen LogP contribution in [0.15, 0.2) is 71.8 Å². The monoisotopic (exact) mass is 492 g/mol. The molecule has 1 aliphatic heterocycles. The minimum atomic E-state index is -0.955. The lowest BCUT2D eigenvalue weighted by Gasteiger charge is -2.09. The maximum absolute atomic E-state index is 13.0. The smallest absolute Gasteiger partial charge is 0.329 e. The highest BCUT2D eigenvalue weighted by molar-refractivity contribution is 6.35. The SMILES string of the molecule is O=C(COc1ccccc1/C=N\NC(=O)C(=O)NCc1ccc2c(c1)OCO2)Nc1ccc(F)cc1. The van der Waals surface area contributed by atoms with Crippen LogP contribution in [0.2, 0.25) is 0 Å². The van der Waals surface area contributed by atoms with Crippen molar-refractivity contribution in [2.75, 3.05) is 18.7 Å². The van der Waals surface area contributed by atoms with Crippen LogP contribution in [0.3, 0.4) is 0 Å². The number of hydrogen-bond acceptors (Lipinski definition) is 7. The topological polar surface area (TPSA) is 127 Å². The molecule has 0 unspecified atom stereocenters. The molecule has 3 amide bonds. The highest BCUT2D eigenvalue weighted by Gasteiger charge is 2.15. The third-order valence-corrected chi connectivity index (χ3v) is 4.87. The number of carbonyl (C=O) groups is 3. The molecular formula is C25H21FN4O6. The van der Waals surface area contributed by atoms with E-state index in [-0.39, 0.29) is 19.9 Å². The summed E-state index contributed by atoms with van der Waals surface area (Å²) in [7, 11) is 0. The van der Waals surface area contributed by atoms with Crippen molar-refractivity contribution in [2.45, 2.75) is 6.54 Å². The largest absolute Gasteiger partial charge is 0.483 e. The van der Waals surface area contributed by atoms with Gasteiger partial charge in [0, 0.05) is 17.8 Å². The number of amides is 3. The Kier molecular flexibility index (Phi) is 7.71. The Bertz CT molecular complexity index is 1300. The predicted molar refractivity (Wildman–Crippen MR) is 127 cm³/mol. The van der Waals surface area contributed by atoms with Crippen LogP contribution >= 0.6 is 0 Å². The molecule has 0 radical (unpaired) electrons. The van der Waals surface area contributed by atoms with Gasteiger partial charge in [-0.2, -0.15) is 5.10 Å². The van der Waals surface area contributed by atoms with Crippen LogP contribution in [0.5, 0.6) is 17.2 Å². The first-order chi connectivity index (χ1) is 17.5. The van der Waals surface area contributed by atoms with Gasteiger partial charge in [-0.1, -0.05) is 18.2 Å². The zero-order valence-corrected chi connectivity index (χ0v) is 18.8. The number of rotatable bonds is 8. The molecule has 0 fully saturated rings. The summed E-state index contributed by atoms with van der Waals surface area (Å²) in [5.41, 5.74) is 3.78. The highest BCUT2D eigenvalue weighted by Crippen LogP contribution is 2.32. The number of nitrogens with one attached hydrogen (secondary N) is 3. The molecule has 0 saturated heterocycles. The first-order valence-electron chi connectivity index (χ1n) is 10.7. The van der Waals surface area contributed by atoms with E-state index in [1.54, 1.807) is 42.5 Å². The van der Waals surface area contributed by atoms with Crippen molar-refractivity contribution >= 4 is 29.6 Å². The molecule has 0 aromatic heterocycles.